The minimum atomic E-state index is -0.443. The number of aromatic nitrogens is 2. The van der Waals surface area contributed by atoms with Gasteiger partial charge in [-0.25, -0.2) is 4.39 Å². The molecule has 0 fully saturated rings. The zero-order chi connectivity index (χ0) is 29.7. The fourth-order valence-corrected chi connectivity index (χ4v) is 3.85. The third kappa shape index (κ3) is 9.93. The third-order valence-corrected chi connectivity index (χ3v) is 6.89. The van der Waals surface area contributed by atoms with Crippen molar-refractivity contribution in [2.24, 2.45) is 10.8 Å². The zero-order valence-electron chi connectivity index (χ0n) is 25.3. The monoisotopic (exact) mass is 734 g/mol. The topological polar surface area (TPSA) is 66.2 Å². The Kier molecular flexibility index (Phi) is 12.1. The quantitative estimate of drug-likeness (QED) is 0.203. The first-order valence-electron chi connectivity index (χ1n) is 13.7. The van der Waals surface area contributed by atoms with Gasteiger partial charge in [0, 0.05) is 44.0 Å². The van der Waals surface area contributed by atoms with Gasteiger partial charge < -0.3 is 15.2 Å². The van der Waals surface area contributed by atoms with Crippen LogP contribution in [0, 0.1) is 36.6 Å². The summed E-state index contributed by atoms with van der Waals surface area (Å²) in [7, 11) is 0. The molecule has 0 aliphatic carbocycles. The average Bonchev–Trinajstić information content (AvgIpc) is 2.88. The predicted molar refractivity (Wildman–Crippen MR) is 162 cm³/mol. The second-order valence-electron chi connectivity index (χ2n) is 12.6. The number of nitrogens with zero attached hydrogens (tertiary/aromatic N) is 2. The van der Waals surface area contributed by atoms with Crippen LogP contribution in [0.5, 0.6) is 0 Å². The van der Waals surface area contributed by atoms with Gasteiger partial charge in [-0.3, -0.25) is 4.98 Å². The van der Waals surface area contributed by atoms with Gasteiger partial charge in [-0.05, 0) is 35.4 Å². The van der Waals surface area contributed by atoms with E-state index in [-0.39, 0.29) is 36.8 Å². The molecule has 41 heavy (non-hydrogen) atoms. The predicted octanol–water partition coefficient (Wildman–Crippen LogP) is 8.22. The normalized spacial score (nSPS) is 13.0. The Morgan fingerprint density at radius 3 is 1.88 bits per heavy atom. The number of aliphatic hydroxyl groups is 2. The first kappa shape index (κ1) is 34.4. The number of aliphatic hydroxyl groups excluding tert-OH is 2. The molecule has 221 valence electrons. The smallest absolute Gasteiger partial charge is 0.123 e. The van der Waals surface area contributed by atoms with Crippen LogP contribution in [0.25, 0.3) is 33.8 Å². The van der Waals surface area contributed by atoms with Crippen molar-refractivity contribution in [3.8, 4) is 33.8 Å². The Bertz CT molecular complexity index is 1370. The molecule has 6 heteroatoms. The van der Waals surface area contributed by atoms with Gasteiger partial charge in [0.1, 0.15) is 5.82 Å². The van der Waals surface area contributed by atoms with Crippen molar-refractivity contribution < 1.29 is 34.7 Å². The molecular weight excluding hydrogens is 692 g/mol. The fourth-order valence-electron chi connectivity index (χ4n) is 3.85. The Balaban J connectivity index is 0.000000360. The fraction of sp³-hybridized carbons (Fsp3) is 0.371. The van der Waals surface area contributed by atoms with Gasteiger partial charge in [0.05, 0.1) is 23.6 Å². The molecule has 2 N–H and O–H groups in total. The summed E-state index contributed by atoms with van der Waals surface area (Å²) in [5.74, 6) is -0.290. The van der Waals surface area contributed by atoms with Crippen molar-refractivity contribution >= 4 is 0 Å². The summed E-state index contributed by atoms with van der Waals surface area (Å²) < 4.78 is 13.6. The van der Waals surface area contributed by atoms with Crippen LogP contribution in [0.2, 0.25) is 0 Å². The van der Waals surface area contributed by atoms with Gasteiger partial charge in [-0.15, -0.1) is 35.4 Å². The summed E-state index contributed by atoms with van der Waals surface area (Å²) in [4.78, 5) is 9.50. The molecule has 0 saturated heterocycles. The second-order valence-corrected chi connectivity index (χ2v) is 12.6. The molecule has 2 unspecified atom stereocenters. The number of benzene rings is 3. The molecule has 4 aromatic rings. The SMILES string of the molecule is CC(C)(C)C(O)CC(O)C(C)(C)C.Cc1c[c-]c(-c2ncc(-c3cccc(F)c3)nc2-c2ccc(C)cc2)cc1.[Ir]. The van der Waals surface area contributed by atoms with E-state index in [0.717, 1.165) is 28.1 Å². The van der Waals surface area contributed by atoms with Crippen LogP contribution in [0.15, 0.2) is 72.9 Å². The summed E-state index contributed by atoms with van der Waals surface area (Å²) >= 11 is 0. The summed E-state index contributed by atoms with van der Waals surface area (Å²) in [6.07, 6.45) is 1.26. The van der Waals surface area contributed by atoms with Crippen molar-refractivity contribution in [2.75, 3.05) is 0 Å². The van der Waals surface area contributed by atoms with Crippen molar-refractivity contribution in [3.05, 3.63) is 95.9 Å². The first-order valence-corrected chi connectivity index (χ1v) is 13.7. The molecule has 4 rings (SSSR count). The molecule has 3 aromatic carbocycles. The van der Waals surface area contributed by atoms with E-state index in [9.17, 15) is 14.6 Å². The minimum absolute atomic E-state index is 0. The van der Waals surface area contributed by atoms with E-state index < -0.39 is 12.2 Å². The number of aryl methyl sites for hydroxylation is 2. The molecule has 4 nitrogen and oxygen atoms in total. The Morgan fingerprint density at radius 1 is 0.780 bits per heavy atom. The van der Waals surface area contributed by atoms with E-state index in [2.05, 4.69) is 23.2 Å². The van der Waals surface area contributed by atoms with E-state index in [1.165, 1.54) is 17.7 Å². The number of halogens is 1. The van der Waals surface area contributed by atoms with Crippen LogP contribution in [0.1, 0.15) is 59.1 Å². The minimum Gasteiger partial charge on any atom is -0.392 e. The number of rotatable bonds is 5. The zero-order valence-corrected chi connectivity index (χ0v) is 27.7. The molecule has 0 aliphatic rings. The van der Waals surface area contributed by atoms with Crippen molar-refractivity contribution in [1.82, 2.24) is 9.97 Å². The van der Waals surface area contributed by atoms with Crippen molar-refractivity contribution in [1.29, 1.82) is 0 Å². The molecule has 0 amide bonds. The molecule has 0 spiro atoms. The van der Waals surface area contributed by atoms with E-state index >= 15 is 0 Å². The third-order valence-electron chi connectivity index (χ3n) is 6.89. The van der Waals surface area contributed by atoms with E-state index in [1.807, 2.05) is 91.8 Å². The first-order chi connectivity index (χ1) is 18.6. The summed E-state index contributed by atoms with van der Waals surface area (Å²) in [6.45, 7) is 16.0. The maximum absolute atomic E-state index is 13.6. The summed E-state index contributed by atoms with van der Waals surface area (Å²) in [6, 6.07) is 23.8. The standard InChI is InChI=1S/C24H18FN2.C11H24O2.Ir/c1-16-6-10-18(11-7-16)23-24(19-12-8-17(2)9-13-19)27-22(15-26-23)20-4-3-5-21(25)14-20;1-10(2,3)8(12)7-9(13)11(4,5)6;/h3-10,12-15H,1-2H3;8-9,12-13H,7H2,1-6H3;/q-1;;. The summed E-state index contributed by atoms with van der Waals surface area (Å²) in [5, 5.41) is 19.5. The Hall–Kier alpha value is -2.76. The van der Waals surface area contributed by atoms with Crippen molar-refractivity contribution in [3.63, 3.8) is 0 Å². The number of hydrogen-bond donors (Lipinski definition) is 2. The molecule has 0 bridgehead atoms. The maximum Gasteiger partial charge on any atom is 0.123 e. The molecule has 1 heterocycles. The molecule has 1 aromatic heterocycles. The van der Waals surface area contributed by atoms with E-state index in [0.29, 0.717) is 17.7 Å². The largest absolute Gasteiger partial charge is 0.392 e. The van der Waals surface area contributed by atoms with Gasteiger partial charge in [-0.1, -0.05) is 90.4 Å². The number of hydrogen-bond acceptors (Lipinski definition) is 4. The second kappa shape index (κ2) is 14.4. The Labute approximate surface area is 258 Å². The van der Waals surface area contributed by atoms with Crippen LogP contribution in [0.4, 0.5) is 4.39 Å². The van der Waals surface area contributed by atoms with Gasteiger partial charge in [0.25, 0.3) is 0 Å². The van der Waals surface area contributed by atoms with Crippen LogP contribution < -0.4 is 0 Å². The van der Waals surface area contributed by atoms with Crippen molar-refractivity contribution in [2.45, 2.75) is 74.0 Å². The van der Waals surface area contributed by atoms with Gasteiger partial charge in [0.2, 0.25) is 0 Å². The van der Waals surface area contributed by atoms with Crippen LogP contribution in [-0.4, -0.2) is 32.4 Å². The molecule has 0 saturated carbocycles. The van der Waals surface area contributed by atoms with Crippen LogP contribution >= 0.6 is 0 Å². The molecule has 2 atom stereocenters. The maximum atomic E-state index is 13.6. The van der Waals surface area contributed by atoms with Crippen LogP contribution in [0.3, 0.4) is 0 Å². The van der Waals surface area contributed by atoms with Crippen LogP contribution in [-0.2, 0) is 20.1 Å². The molecule has 1 radical (unpaired) electrons. The Morgan fingerprint density at radius 2 is 1.37 bits per heavy atom. The van der Waals surface area contributed by atoms with E-state index in [1.54, 1.807) is 12.3 Å². The van der Waals surface area contributed by atoms with Gasteiger partial charge in [0.15, 0.2) is 0 Å². The van der Waals surface area contributed by atoms with E-state index in [4.69, 9.17) is 4.98 Å². The molecule has 0 aliphatic heterocycles. The molecular formula is C35H42FIrN2O2-. The summed E-state index contributed by atoms with van der Waals surface area (Å²) in [5.41, 5.74) is 6.74. The average molecular weight is 734 g/mol. The van der Waals surface area contributed by atoms with Gasteiger partial charge >= 0.3 is 0 Å². The van der Waals surface area contributed by atoms with Gasteiger partial charge in [-0.2, -0.15) is 0 Å².